The van der Waals surface area contributed by atoms with Crippen molar-refractivity contribution in [2.75, 3.05) is 4.90 Å². The van der Waals surface area contributed by atoms with E-state index in [-0.39, 0.29) is 10.8 Å². The normalized spacial score (nSPS) is 15.3. The molecular formula is C44H54BrN. The number of halogens is 1. The van der Waals surface area contributed by atoms with Gasteiger partial charge in [0.25, 0.3) is 0 Å². The fourth-order valence-corrected chi connectivity index (χ4v) is 8.98. The Labute approximate surface area is 288 Å². The van der Waals surface area contributed by atoms with Gasteiger partial charge in [-0.15, -0.1) is 0 Å². The Balaban J connectivity index is 1.45. The highest BCUT2D eigenvalue weighted by atomic mass is 79.9. The average Bonchev–Trinajstić information content (AvgIpc) is 3.32. The number of nitrogens with zero attached hydrogens (tertiary/aromatic N) is 1. The number of fused-ring (bicyclic) bond motifs is 5. The van der Waals surface area contributed by atoms with E-state index in [1.165, 1.54) is 134 Å². The fourth-order valence-electron chi connectivity index (χ4n) is 8.62. The number of benzene rings is 4. The highest BCUT2D eigenvalue weighted by molar-refractivity contribution is 9.10. The van der Waals surface area contributed by atoms with Gasteiger partial charge in [-0.1, -0.05) is 169 Å². The van der Waals surface area contributed by atoms with Crippen molar-refractivity contribution >= 4 is 33.0 Å². The highest BCUT2D eigenvalue weighted by Crippen LogP contribution is 2.57. The van der Waals surface area contributed by atoms with E-state index in [9.17, 15) is 0 Å². The zero-order valence-corrected chi connectivity index (χ0v) is 30.4. The summed E-state index contributed by atoms with van der Waals surface area (Å²) in [6.45, 7) is 9.39. The molecule has 0 radical (unpaired) electrons. The van der Waals surface area contributed by atoms with Gasteiger partial charge in [-0.3, -0.25) is 0 Å². The predicted molar refractivity (Wildman–Crippen MR) is 203 cm³/mol. The molecule has 1 heterocycles. The minimum Gasteiger partial charge on any atom is -0.310 e. The first-order valence-corrected chi connectivity index (χ1v) is 19.2. The van der Waals surface area contributed by atoms with Gasteiger partial charge >= 0.3 is 0 Å². The van der Waals surface area contributed by atoms with Crippen LogP contribution >= 0.6 is 15.9 Å². The van der Waals surface area contributed by atoms with Crippen molar-refractivity contribution in [1.29, 1.82) is 0 Å². The van der Waals surface area contributed by atoms with Gasteiger partial charge in [0.05, 0.1) is 11.4 Å². The lowest BCUT2D eigenvalue weighted by molar-refractivity contribution is 0.398. The van der Waals surface area contributed by atoms with Crippen molar-refractivity contribution < 1.29 is 0 Å². The third-order valence-corrected chi connectivity index (χ3v) is 11.6. The molecular weight excluding hydrogens is 622 g/mol. The van der Waals surface area contributed by atoms with E-state index < -0.39 is 0 Å². The van der Waals surface area contributed by atoms with Gasteiger partial charge in [0.1, 0.15) is 0 Å². The summed E-state index contributed by atoms with van der Waals surface area (Å²) in [4.78, 5) is 2.55. The number of para-hydroxylation sites is 2. The maximum atomic E-state index is 3.90. The molecule has 0 N–H and O–H groups in total. The molecule has 0 atom stereocenters. The lowest BCUT2D eigenvalue weighted by Gasteiger charge is -2.42. The monoisotopic (exact) mass is 675 g/mol. The van der Waals surface area contributed by atoms with Crippen molar-refractivity contribution in [1.82, 2.24) is 0 Å². The number of hydrogen-bond donors (Lipinski definition) is 0. The molecule has 4 aromatic rings. The predicted octanol–water partition coefficient (Wildman–Crippen LogP) is 14.3. The lowest BCUT2D eigenvalue weighted by Crippen LogP contribution is -2.31. The van der Waals surface area contributed by atoms with E-state index in [0.29, 0.717) is 0 Å². The smallest absolute Gasteiger partial charge is 0.0502 e. The number of rotatable bonds is 15. The SMILES string of the molecule is CCCCCCCCC1(CCCCCCCC)c2cc(Br)ccc2-c2ccc(N3c4ccccc4C(C)(C)c4ccccc43)cc21. The van der Waals surface area contributed by atoms with E-state index in [4.69, 9.17) is 0 Å². The summed E-state index contributed by atoms with van der Waals surface area (Å²) < 4.78 is 1.20. The van der Waals surface area contributed by atoms with Crippen LogP contribution in [0.25, 0.3) is 11.1 Å². The minimum absolute atomic E-state index is 0.0497. The molecule has 1 nitrogen and oxygen atoms in total. The van der Waals surface area contributed by atoms with Gasteiger partial charge in [-0.05, 0) is 82.6 Å². The number of anilines is 3. The number of unbranched alkanes of at least 4 members (excludes halogenated alkanes) is 10. The summed E-state index contributed by atoms with van der Waals surface area (Å²) in [5.41, 5.74) is 12.7. The first kappa shape index (κ1) is 33.1. The van der Waals surface area contributed by atoms with Gasteiger partial charge < -0.3 is 4.90 Å². The molecule has 1 aliphatic heterocycles. The average molecular weight is 677 g/mol. The van der Waals surface area contributed by atoms with E-state index in [1.54, 1.807) is 11.1 Å². The molecule has 0 unspecified atom stereocenters. The second kappa shape index (κ2) is 14.5. The van der Waals surface area contributed by atoms with Crippen LogP contribution in [-0.4, -0.2) is 0 Å². The Hall–Kier alpha value is -2.84. The van der Waals surface area contributed by atoms with Crippen LogP contribution in [0.1, 0.15) is 140 Å². The molecule has 0 aromatic heterocycles. The van der Waals surface area contributed by atoms with E-state index >= 15 is 0 Å². The standard InChI is InChI=1S/C44H54BrN/c1-5-7-9-11-13-19-29-44(30-20-14-12-10-8-6-2)39-31-33(45)25-27-35(39)36-28-26-34(32-40(36)44)46-41-23-17-15-21-37(41)43(3,4)38-22-16-18-24-42(38)46/h15-18,21-28,31-32H,5-14,19-20,29-30H2,1-4H3. The van der Waals surface area contributed by atoms with Gasteiger partial charge in [0.2, 0.25) is 0 Å². The minimum atomic E-state index is -0.0533. The molecule has 242 valence electrons. The highest BCUT2D eigenvalue weighted by Gasteiger charge is 2.43. The summed E-state index contributed by atoms with van der Waals surface area (Å²) >= 11 is 3.90. The summed E-state index contributed by atoms with van der Waals surface area (Å²) in [7, 11) is 0. The first-order chi connectivity index (χ1) is 22.4. The lowest BCUT2D eigenvalue weighted by atomic mass is 9.70. The van der Waals surface area contributed by atoms with Gasteiger partial charge in [0, 0.05) is 21.0 Å². The molecule has 0 bridgehead atoms. The Kier molecular flexibility index (Phi) is 10.4. The van der Waals surface area contributed by atoms with Crippen LogP contribution < -0.4 is 4.90 Å². The van der Waals surface area contributed by atoms with Gasteiger partial charge in [-0.2, -0.15) is 0 Å². The van der Waals surface area contributed by atoms with E-state index in [2.05, 4.69) is 133 Å². The maximum Gasteiger partial charge on any atom is 0.0502 e. The second-order valence-electron chi connectivity index (χ2n) is 14.5. The zero-order chi connectivity index (χ0) is 32.1. The Morgan fingerprint density at radius 3 is 1.57 bits per heavy atom. The quantitative estimate of drug-likeness (QED) is 0.113. The maximum absolute atomic E-state index is 3.90. The zero-order valence-electron chi connectivity index (χ0n) is 28.8. The van der Waals surface area contributed by atoms with Crippen molar-refractivity contribution in [2.45, 2.75) is 128 Å². The van der Waals surface area contributed by atoms with Crippen LogP contribution in [0.15, 0.2) is 89.4 Å². The summed E-state index contributed by atoms with van der Waals surface area (Å²) in [5.74, 6) is 0. The molecule has 46 heavy (non-hydrogen) atoms. The van der Waals surface area contributed by atoms with Crippen molar-refractivity contribution in [3.8, 4) is 11.1 Å². The van der Waals surface area contributed by atoms with Crippen LogP contribution in [0.3, 0.4) is 0 Å². The topological polar surface area (TPSA) is 3.24 Å². The van der Waals surface area contributed by atoms with E-state index in [1.807, 2.05) is 0 Å². The van der Waals surface area contributed by atoms with Crippen LogP contribution in [0.2, 0.25) is 0 Å². The molecule has 4 aromatic carbocycles. The fraction of sp³-hybridized carbons (Fsp3) is 0.455. The Morgan fingerprint density at radius 2 is 1.00 bits per heavy atom. The molecule has 2 heteroatoms. The second-order valence-corrected chi connectivity index (χ2v) is 15.4. The van der Waals surface area contributed by atoms with Crippen molar-refractivity contribution in [3.63, 3.8) is 0 Å². The molecule has 1 aliphatic carbocycles. The van der Waals surface area contributed by atoms with Gasteiger partial charge in [0.15, 0.2) is 0 Å². The molecule has 2 aliphatic rings. The van der Waals surface area contributed by atoms with Crippen molar-refractivity contribution in [3.05, 3.63) is 112 Å². The van der Waals surface area contributed by atoms with Crippen LogP contribution in [0.4, 0.5) is 17.1 Å². The summed E-state index contributed by atoms with van der Waals surface area (Å²) in [6.07, 6.45) is 18.5. The van der Waals surface area contributed by atoms with Gasteiger partial charge in [-0.25, -0.2) is 0 Å². The van der Waals surface area contributed by atoms with Crippen molar-refractivity contribution in [2.24, 2.45) is 0 Å². The largest absolute Gasteiger partial charge is 0.310 e. The molecule has 0 amide bonds. The summed E-state index contributed by atoms with van der Waals surface area (Å²) in [5, 5.41) is 0. The van der Waals surface area contributed by atoms with E-state index in [0.717, 1.165) is 0 Å². The Morgan fingerprint density at radius 1 is 0.522 bits per heavy atom. The van der Waals surface area contributed by atoms with Crippen LogP contribution in [0.5, 0.6) is 0 Å². The molecule has 0 saturated heterocycles. The third kappa shape index (κ3) is 6.24. The number of hydrogen-bond acceptors (Lipinski definition) is 1. The Bertz CT molecular complexity index is 1570. The van der Waals surface area contributed by atoms with Crippen LogP contribution in [0, 0.1) is 0 Å². The molecule has 0 fully saturated rings. The molecule has 0 saturated carbocycles. The summed E-state index contributed by atoms with van der Waals surface area (Å²) in [6, 6.07) is 32.7. The molecule has 6 rings (SSSR count). The van der Waals surface area contributed by atoms with Crippen LogP contribution in [-0.2, 0) is 10.8 Å². The third-order valence-electron chi connectivity index (χ3n) is 11.1. The molecule has 0 spiro atoms. The first-order valence-electron chi connectivity index (χ1n) is 18.4.